The third kappa shape index (κ3) is 2.49. The van der Waals surface area contributed by atoms with E-state index in [1.54, 1.807) is 6.20 Å². The maximum absolute atomic E-state index is 8.14. The van der Waals surface area contributed by atoms with Gasteiger partial charge in [0.15, 0.2) is 5.49 Å². The molecule has 0 bridgehead atoms. The first-order chi connectivity index (χ1) is 12.6. The molecule has 1 aliphatic carbocycles. The van der Waals surface area contributed by atoms with Crippen molar-refractivity contribution < 1.29 is 0 Å². The van der Waals surface area contributed by atoms with E-state index in [0.29, 0.717) is 12.6 Å². The van der Waals surface area contributed by atoms with Crippen molar-refractivity contribution in [2.75, 3.05) is 10.4 Å². The molecule has 6 heteroatoms. The molecule has 1 saturated carbocycles. The first-order valence-corrected chi connectivity index (χ1v) is 8.69. The van der Waals surface area contributed by atoms with Crippen LogP contribution >= 0.6 is 0 Å². The van der Waals surface area contributed by atoms with E-state index in [4.69, 9.17) is 5.41 Å². The van der Waals surface area contributed by atoms with Crippen molar-refractivity contribution in [2.45, 2.75) is 26.4 Å². The van der Waals surface area contributed by atoms with Crippen molar-refractivity contribution in [3.8, 4) is 11.8 Å². The summed E-state index contributed by atoms with van der Waals surface area (Å²) in [5.74, 6) is 7.19. The maximum Gasteiger partial charge on any atom is 0.226 e. The first-order valence-electron chi connectivity index (χ1n) is 8.69. The zero-order chi connectivity index (χ0) is 17.7. The largest absolute Gasteiger partial charge is 0.290 e. The van der Waals surface area contributed by atoms with Crippen LogP contribution in [-0.2, 0) is 6.67 Å². The number of nitrogens with zero attached hydrogens (tertiary/aromatic N) is 4. The molecule has 2 aromatic heterocycles. The highest BCUT2D eigenvalue weighted by Crippen LogP contribution is 2.44. The summed E-state index contributed by atoms with van der Waals surface area (Å²) < 4.78 is 2.07. The van der Waals surface area contributed by atoms with Gasteiger partial charge in [-0.3, -0.25) is 20.4 Å². The summed E-state index contributed by atoms with van der Waals surface area (Å²) in [6, 6.07) is 11.8. The van der Waals surface area contributed by atoms with Gasteiger partial charge in [-0.15, -0.1) is 0 Å². The Kier molecular flexibility index (Phi) is 3.07. The van der Waals surface area contributed by atoms with Crippen LogP contribution in [0.2, 0.25) is 0 Å². The number of hydrogen-bond acceptors (Lipinski definition) is 5. The van der Waals surface area contributed by atoms with Crippen LogP contribution in [0.3, 0.4) is 0 Å². The van der Waals surface area contributed by atoms with Crippen molar-refractivity contribution in [1.82, 2.24) is 14.5 Å². The number of benzene rings is 1. The van der Waals surface area contributed by atoms with Crippen molar-refractivity contribution in [1.29, 1.82) is 5.41 Å². The lowest BCUT2D eigenvalue weighted by Crippen LogP contribution is -2.23. The summed E-state index contributed by atoms with van der Waals surface area (Å²) in [5.41, 5.74) is 6.49. The minimum atomic E-state index is 0.184. The lowest BCUT2D eigenvalue weighted by atomic mass is 10.1. The quantitative estimate of drug-likeness (QED) is 0.667. The van der Waals surface area contributed by atoms with Crippen LogP contribution < -0.4 is 15.9 Å². The topological polar surface area (TPSA) is 69.8 Å². The Morgan fingerprint density at radius 2 is 2.08 bits per heavy atom. The molecule has 3 aromatic rings. The van der Waals surface area contributed by atoms with Gasteiger partial charge in [0.2, 0.25) is 5.95 Å². The molecule has 2 N–H and O–H groups in total. The van der Waals surface area contributed by atoms with Gasteiger partial charge in [0.25, 0.3) is 0 Å². The van der Waals surface area contributed by atoms with Gasteiger partial charge in [0.05, 0.1) is 11.2 Å². The Morgan fingerprint density at radius 3 is 2.92 bits per heavy atom. The van der Waals surface area contributed by atoms with E-state index < -0.39 is 0 Å². The second-order valence-electron chi connectivity index (χ2n) is 7.12. The molecule has 3 heterocycles. The molecule has 0 radical (unpaired) electrons. The zero-order valence-electron chi connectivity index (χ0n) is 14.5. The molecular formula is C20H18N6. The van der Waals surface area contributed by atoms with E-state index in [0.717, 1.165) is 22.3 Å². The highest BCUT2D eigenvalue weighted by molar-refractivity contribution is 5.80. The lowest BCUT2D eigenvalue weighted by Gasteiger charge is -2.17. The Morgan fingerprint density at radius 1 is 1.23 bits per heavy atom. The summed E-state index contributed by atoms with van der Waals surface area (Å²) >= 11 is 0. The highest BCUT2D eigenvalue weighted by Gasteiger charge is 2.35. The number of nitrogens with one attached hydrogen (secondary N) is 2. The van der Waals surface area contributed by atoms with Gasteiger partial charge in [-0.1, -0.05) is 18.1 Å². The molecular weight excluding hydrogens is 324 g/mol. The third-order valence-electron chi connectivity index (χ3n) is 4.99. The molecule has 0 amide bonds. The smallest absolute Gasteiger partial charge is 0.226 e. The molecule has 2 aliphatic rings. The van der Waals surface area contributed by atoms with Gasteiger partial charge >= 0.3 is 0 Å². The molecule has 0 atom stereocenters. The Bertz CT molecular complexity index is 1150. The molecule has 128 valence electrons. The number of aromatic nitrogens is 3. The molecule has 5 rings (SSSR count). The Labute approximate surface area is 151 Å². The van der Waals surface area contributed by atoms with Gasteiger partial charge in [-0.25, -0.2) is 4.98 Å². The molecule has 1 fully saturated rings. The second kappa shape index (κ2) is 5.33. The minimum absolute atomic E-state index is 0.184. The van der Waals surface area contributed by atoms with E-state index in [-0.39, 0.29) is 10.9 Å². The average molecular weight is 342 g/mol. The number of anilines is 2. The fourth-order valence-corrected chi connectivity index (χ4v) is 3.11. The molecule has 0 spiro atoms. The third-order valence-corrected chi connectivity index (χ3v) is 4.99. The Hall–Kier alpha value is -3.33. The summed E-state index contributed by atoms with van der Waals surface area (Å²) in [4.78, 5) is 8.76. The van der Waals surface area contributed by atoms with Gasteiger partial charge in [0.1, 0.15) is 12.4 Å². The van der Waals surface area contributed by atoms with Gasteiger partial charge in [-0.2, -0.15) is 4.98 Å². The monoisotopic (exact) mass is 342 g/mol. The van der Waals surface area contributed by atoms with Crippen LogP contribution in [0.15, 0.2) is 42.6 Å². The molecule has 1 aliphatic heterocycles. The second-order valence-corrected chi connectivity index (χ2v) is 7.12. The van der Waals surface area contributed by atoms with Crippen LogP contribution in [0.4, 0.5) is 11.6 Å². The lowest BCUT2D eigenvalue weighted by molar-refractivity contribution is 0.773. The van der Waals surface area contributed by atoms with Crippen molar-refractivity contribution >= 4 is 22.5 Å². The summed E-state index contributed by atoms with van der Waals surface area (Å²) in [6.07, 6.45) is 4.13. The SMILES string of the molecule is CC1(C#Cc2cc(N3Cn4c(nc(=N)c5ccccc54)N3)ccn2)CC1. The van der Waals surface area contributed by atoms with Gasteiger partial charge in [-0.05, 0) is 50.0 Å². The van der Waals surface area contributed by atoms with E-state index >= 15 is 0 Å². The van der Waals surface area contributed by atoms with Crippen molar-refractivity contribution in [2.24, 2.45) is 5.41 Å². The minimum Gasteiger partial charge on any atom is -0.290 e. The number of rotatable bonds is 1. The normalized spacial score (nSPS) is 16.6. The Balaban J connectivity index is 1.50. The van der Waals surface area contributed by atoms with Crippen LogP contribution in [0.25, 0.3) is 10.9 Å². The fourth-order valence-electron chi connectivity index (χ4n) is 3.11. The summed E-state index contributed by atoms with van der Waals surface area (Å²) in [7, 11) is 0. The first kappa shape index (κ1) is 15.0. The molecule has 0 saturated heterocycles. The van der Waals surface area contributed by atoms with Gasteiger partial charge < -0.3 is 0 Å². The highest BCUT2D eigenvalue weighted by atomic mass is 15.6. The van der Waals surface area contributed by atoms with Crippen LogP contribution in [-0.4, -0.2) is 14.5 Å². The molecule has 26 heavy (non-hydrogen) atoms. The van der Waals surface area contributed by atoms with Crippen molar-refractivity contribution in [3.63, 3.8) is 0 Å². The number of hydrazine groups is 1. The maximum atomic E-state index is 8.14. The molecule has 0 unspecified atom stereocenters. The number of pyridine rings is 1. The predicted molar refractivity (Wildman–Crippen MR) is 100 cm³/mol. The van der Waals surface area contributed by atoms with E-state index in [1.807, 2.05) is 41.4 Å². The molecule has 1 aromatic carbocycles. The van der Waals surface area contributed by atoms with E-state index in [1.165, 1.54) is 12.8 Å². The van der Waals surface area contributed by atoms with Gasteiger partial charge in [0, 0.05) is 17.0 Å². The van der Waals surface area contributed by atoms with Crippen molar-refractivity contribution in [3.05, 3.63) is 53.8 Å². The summed E-state index contributed by atoms with van der Waals surface area (Å²) in [5, 5.41) is 11.0. The fraction of sp³-hybridized carbons (Fsp3) is 0.250. The average Bonchev–Trinajstić information content (AvgIpc) is 3.24. The van der Waals surface area contributed by atoms with Crippen LogP contribution in [0.1, 0.15) is 25.5 Å². The summed E-state index contributed by atoms with van der Waals surface area (Å²) in [6.45, 7) is 2.80. The van der Waals surface area contributed by atoms with E-state index in [9.17, 15) is 0 Å². The number of para-hydroxylation sites is 1. The van der Waals surface area contributed by atoms with Crippen LogP contribution in [0.5, 0.6) is 0 Å². The zero-order valence-corrected chi connectivity index (χ0v) is 14.5. The number of hydrogen-bond donors (Lipinski definition) is 2. The number of fused-ring (bicyclic) bond motifs is 3. The standard InChI is InChI=1S/C20H18N6/c1-20(9-10-20)8-6-14-12-15(7-11-22-14)26-13-25-17-5-3-2-4-16(17)18(21)23-19(25)24-26/h2-5,7,11-12H,9-10,13H2,1H3,(H2,21,23,24). The van der Waals surface area contributed by atoms with E-state index in [2.05, 4.69) is 38.7 Å². The predicted octanol–water partition coefficient (Wildman–Crippen LogP) is 2.87. The van der Waals surface area contributed by atoms with Crippen LogP contribution in [0, 0.1) is 22.7 Å². The molecule has 6 nitrogen and oxygen atoms in total.